The third kappa shape index (κ3) is 3.74. The number of nitrogens with zero attached hydrogens (tertiary/aromatic N) is 3. The molecule has 5 rings (SSSR count). The average Bonchev–Trinajstić information content (AvgIpc) is 3.13. The van der Waals surface area contributed by atoms with Gasteiger partial charge in [0.1, 0.15) is 5.82 Å². The highest BCUT2D eigenvalue weighted by atomic mass is 35.5. The average molecular weight is 439 g/mol. The Morgan fingerprint density at radius 3 is 2.25 bits per heavy atom. The number of aromatic nitrogens is 3. The molecule has 0 aliphatic rings. The van der Waals surface area contributed by atoms with E-state index < -0.39 is 0 Å². The Morgan fingerprint density at radius 2 is 1.53 bits per heavy atom. The molecule has 0 saturated carbocycles. The molecule has 2 heterocycles. The molecule has 1 N–H and O–H groups in total. The Hall–Kier alpha value is -3.63. The summed E-state index contributed by atoms with van der Waals surface area (Å²) in [5.74, 6) is 0.861. The lowest BCUT2D eigenvalue weighted by atomic mass is 10.1. The van der Waals surface area contributed by atoms with Gasteiger partial charge in [0.25, 0.3) is 0 Å². The van der Waals surface area contributed by atoms with Gasteiger partial charge in [-0.05, 0) is 61.7 Å². The molecule has 0 aliphatic heterocycles. The molecule has 0 spiro atoms. The van der Waals surface area contributed by atoms with E-state index in [1.54, 1.807) is 0 Å². The highest BCUT2D eigenvalue weighted by Crippen LogP contribution is 2.33. The van der Waals surface area contributed by atoms with Crippen LogP contribution in [-0.2, 0) is 0 Å². The maximum Gasteiger partial charge on any atom is 0.166 e. The number of hydrogen-bond acceptors (Lipinski definition) is 3. The van der Waals surface area contributed by atoms with E-state index in [-0.39, 0.29) is 0 Å². The van der Waals surface area contributed by atoms with Crippen LogP contribution < -0.4 is 5.32 Å². The smallest absolute Gasteiger partial charge is 0.166 e. The van der Waals surface area contributed by atoms with Gasteiger partial charge in [-0.25, -0.2) is 4.98 Å². The summed E-state index contributed by atoms with van der Waals surface area (Å²) >= 11 is 6.13. The molecule has 32 heavy (non-hydrogen) atoms. The molecule has 0 unspecified atom stereocenters. The number of rotatable bonds is 4. The Kier molecular flexibility index (Phi) is 5.16. The van der Waals surface area contributed by atoms with Gasteiger partial charge in [-0.3, -0.25) is 0 Å². The zero-order valence-electron chi connectivity index (χ0n) is 18.2. The van der Waals surface area contributed by atoms with Crippen molar-refractivity contribution < 1.29 is 0 Å². The molecule has 4 nitrogen and oxygen atoms in total. The molecule has 3 aromatic carbocycles. The second-order valence-corrected chi connectivity index (χ2v) is 8.46. The van der Waals surface area contributed by atoms with Crippen LogP contribution in [0, 0.1) is 20.8 Å². The van der Waals surface area contributed by atoms with E-state index in [1.807, 2.05) is 53.9 Å². The number of aryl methyl sites for hydroxylation is 3. The van der Waals surface area contributed by atoms with Gasteiger partial charge in [0, 0.05) is 27.9 Å². The fourth-order valence-corrected chi connectivity index (χ4v) is 4.02. The predicted octanol–water partition coefficient (Wildman–Crippen LogP) is 7.39. The van der Waals surface area contributed by atoms with E-state index in [0.717, 1.165) is 45.2 Å². The van der Waals surface area contributed by atoms with Crippen LogP contribution in [0.3, 0.4) is 0 Å². The van der Waals surface area contributed by atoms with Crippen LogP contribution in [0.4, 0.5) is 11.5 Å². The summed E-state index contributed by atoms with van der Waals surface area (Å²) < 4.78 is 1.89. The van der Waals surface area contributed by atoms with Crippen molar-refractivity contribution in [2.45, 2.75) is 20.8 Å². The quantitative estimate of drug-likeness (QED) is 0.318. The summed E-state index contributed by atoms with van der Waals surface area (Å²) in [6.07, 6.45) is 0. The summed E-state index contributed by atoms with van der Waals surface area (Å²) in [6.45, 7) is 6.25. The number of fused-ring (bicyclic) bond motifs is 1. The normalized spacial score (nSPS) is 11.1. The largest absolute Gasteiger partial charge is 0.340 e. The van der Waals surface area contributed by atoms with Crippen molar-refractivity contribution >= 4 is 28.8 Å². The summed E-state index contributed by atoms with van der Waals surface area (Å²) in [4.78, 5) is 5.03. The molecule has 5 aromatic rings. The first-order valence-electron chi connectivity index (χ1n) is 10.6. The zero-order chi connectivity index (χ0) is 22.2. The van der Waals surface area contributed by atoms with Crippen LogP contribution in [0.25, 0.3) is 28.0 Å². The maximum atomic E-state index is 6.13. The Balaban J connectivity index is 1.74. The van der Waals surface area contributed by atoms with Gasteiger partial charge in [0.05, 0.1) is 11.4 Å². The van der Waals surface area contributed by atoms with Gasteiger partial charge < -0.3 is 5.32 Å². The van der Waals surface area contributed by atoms with Crippen LogP contribution in [0.1, 0.15) is 16.8 Å². The third-order valence-corrected chi connectivity index (χ3v) is 6.00. The molecule has 0 atom stereocenters. The summed E-state index contributed by atoms with van der Waals surface area (Å²) in [6, 6.07) is 26.5. The van der Waals surface area contributed by atoms with Gasteiger partial charge in [0.2, 0.25) is 0 Å². The molecule has 0 saturated heterocycles. The van der Waals surface area contributed by atoms with E-state index >= 15 is 0 Å². The summed E-state index contributed by atoms with van der Waals surface area (Å²) in [5.41, 5.74) is 9.21. The monoisotopic (exact) mass is 438 g/mol. The summed E-state index contributed by atoms with van der Waals surface area (Å²) in [5, 5.41) is 9.11. The van der Waals surface area contributed by atoms with E-state index in [2.05, 4.69) is 55.6 Å². The predicted molar refractivity (Wildman–Crippen MR) is 133 cm³/mol. The molecule has 0 radical (unpaired) electrons. The second kappa shape index (κ2) is 8.13. The zero-order valence-corrected chi connectivity index (χ0v) is 19.0. The van der Waals surface area contributed by atoms with Gasteiger partial charge in [-0.1, -0.05) is 60.1 Å². The minimum Gasteiger partial charge on any atom is -0.340 e. The van der Waals surface area contributed by atoms with Crippen LogP contribution in [0.5, 0.6) is 0 Å². The van der Waals surface area contributed by atoms with E-state index in [1.165, 1.54) is 11.1 Å². The maximum absolute atomic E-state index is 6.13. The third-order valence-electron chi connectivity index (χ3n) is 5.75. The molecule has 2 aromatic heterocycles. The van der Waals surface area contributed by atoms with Crippen LogP contribution >= 0.6 is 11.6 Å². The van der Waals surface area contributed by atoms with Crippen molar-refractivity contribution in [3.63, 3.8) is 0 Å². The molecule has 5 heteroatoms. The lowest BCUT2D eigenvalue weighted by molar-refractivity contribution is 0.926. The van der Waals surface area contributed by atoms with Gasteiger partial charge in [0.15, 0.2) is 5.65 Å². The van der Waals surface area contributed by atoms with E-state index in [4.69, 9.17) is 21.7 Å². The van der Waals surface area contributed by atoms with Crippen molar-refractivity contribution in [2.24, 2.45) is 0 Å². The number of hydrogen-bond donors (Lipinski definition) is 1. The Morgan fingerprint density at radius 1 is 0.781 bits per heavy atom. The molecular formula is C27H23ClN4. The van der Waals surface area contributed by atoms with Crippen molar-refractivity contribution in [1.82, 2.24) is 14.6 Å². The lowest BCUT2D eigenvalue weighted by Gasteiger charge is -2.12. The topological polar surface area (TPSA) is 42.2 Å². The van der Waals surface area contributed by atoms with Crippen molar-refractivity contribution in [2.75, 3.05) is 5.32 Å². The van der Waals surface area contributed by atoms with Gasteiger partial charge in [-0.2, -0.15) is 9.61 Å². The first kappa shape index (κ1) is 20.3. The standard InChI is InChI=1S/C27H23ClN4/c1-17-9-14-23(15-18(17)2)29-25-16-24(20-7-5-4-6-8-20)30-27-26(19(3)31-32(25)27)21-10-12-22(28)13-11-21/h4-16,29H,1-3H3. The minimum atomic E-state index is 0.706. The Bertz CT molecular complexity index is 1420. The van der Waals surface area contributed by atoms with Crippen LogP contribution in [0.2, 0.25) is 5.02 Å². The van der Waals surface area contributed by atoms with Gasteiger partial charge >= 0.3 is 0 Å². The fourth-order valence-electron chi connectivity index (χ4n) is 3.89. The Labute approximate surface area is 192 Å². The first-order chi connectivity index (χ1) is 15.5. The molecule has 0 amide bonds. The lowest BCUT2D eigenvalue weighted by Crippen LogP contribution is -2.03. The van der Waals surface area contributed by atoms with Gasteiger partial charge in [-0.15, -0.1) is 0 Å². The van der Waals surface area contributed by atoms with E-state index in [0.29, 0.717) is 5.02 Å². The van der Waals surface area contributed by atoms with Crippen molar-refractivity contribution in [3.8, 4) is 22.4 Å². The van der Waals surface area contributed by atoms with E-state index in [9.17, 15) is 0 Å². The first-order valence-corrected chi connectivity index (χ1v) is 10.9. The second-order valence-electron chi connectivity index (χ2n) is 8.02. The highest BCUT2D eigenvalue weighted by Gasteiger charge is 2.18. The van der Waals surface area contributed by atoms with Crippen LogP contribution in [0.15, 0.2) is 78.9 Å². The summed E-state index contributed by atoms with van der Waals surface area (Å²) in [7, 11) is 0. The van der Waals surface area contributed by atoms with Crippen molar-refractivity contribution in [1.29, 1.82) is 0 Å². The fraction of sp³-hybridized carbons (Fsp3) is 0.111. The molecule has 0 fully saturated rings. The minimum absolute atomic E-state index is 0.706. The molecule has 0 bridgehead atoms. The number of benzene rings is 3. The molecular weight excluding hydrogens is 416 g/mol. The van der Waals surface area contributed by atoms with Crippen LogP contribution in [-0.4, -0.2) is 14.6 Å². The molecule has 0 aliphatic carbocycles. The molecule has 158 valence electrons. The number of nitrogens with one attached hydrogen (secondary N) is 1. The number of halogens is 1. The van der Waals surface area contributed by atoms with Crippen molar-refractivity contribution in [3.05, 3.63) is 101 Å². The highest BCUT2D eigenvalue weighted by molar-refractivity contribution is 6.30. The SMILES string of the molecule is Cc1ccc(Nc2cc(-c3ccccc3)nc3c(-c4ccc(Cl)cc4)c(C)nn23)cc1C. The number of anilines is 2.